The van der Waals surface area contributed by atoms with Crippen molar-refractivity contribution in [3.8, 4) is 0 Å². The van der Waals surface area contributed by atoms with Crippen molar-refractivity contribution in [1.82, 2.24) is 0 Å². The van der Waals surface area contributed by atoms with E-state index < -0.39 is 0 Å². The molecule has 0 radical (unpaired) electrons. The van der Waals surface area contributed by atoms with Crippen molar-refractivity contribution in [2.45, 2.75) is 25.7 Å². The number of hydrogen-bond acceptors (Lipinski definition) is 1. The SMILES string of the molecule is CC1(C)c2cc(Br)ccc2N(CCCBr)c2ccc(Br)cc21. The lowest BCUT2D eigenvalue weighted by atomic mass is 9.73. The van der Waals surface area contributed by atoms with Gasteiger partial charge in [0.05, 0.1) is 0 Å². The summed E-state index contributed by atoms with van der Waals surface area (Å²) in [5.41, 5.74) is 5.39. The molecule has 2 aromatic carbocycles. The summed E-state index contributed by atoms with van der Waals surface area (Å²) in [6, 6.07) is 13.3. The van der Waals surface area contributed by atoms with Gasteiger partial charge < -0.3 is 4.90 Å². The number of benzene rings is 2. The number of nitrogens with zero attached hydrogens (tertiary/aromatic N) is 1. The maximum atomic E-state index is 3.63. The lowest BCUT2D eigenvalue weighted by Crippen LogP contribution is -2.33. The van der Waals surface area contributed by atoms with E-state index in [-0.39, 0.29) is 5.41 Å². The number of hydrogen-bond donors (Lipinski definition) is 0. The first-order valence-corrected chi connectivity index (χ1v) is 10.1. The maximum absolute atomic E-state index is 3.63. The molecular formula is C18H18Br3N. The van der Waals surface area contributed by atoms with Gasteiger partial charge in [-0.1, -0.05) is 61.6 Å². The normalized spacial score (nSPS) is 15.4. The standard InChI is InChI=1S/C18H18Br3N/c1-18(2)14-10-12(20)4-6-16(14)22(9-3-8-19)17-7-5-13(21)11-15(17)18/h4-7,10-11H,3,8-9H2,1-2H3. The number of rotatable bonds is 3. The summed E-state index contributed by atoms with van der Waals surface area (Å²) in [6.45, 7) is 5.64. The molecule has 0 saturated carbocycles. The number of anilines is 2. The summed E-state index contributed by atoms with van der Waals surface area (Å²) in [7, 11) is 0. The molecule has 0 aliphatic carbocycles. The second-order valence-corrected chi connectivity index (χ2v) is 8.77. The monoisotopic (exact) mass is 485 g/mol. The van der Waals surface area contributed by atoms with Crippen LogP contribution in [0.15, 0.2) is 45.3 Å². The van der Waals surface area contributed by atoms with E-state index >= 15 is 0 Å². The molecule has 0 spiro atoms. The van der Waals surface area contributed by atoms with Crippen molar-refractivity contribution in [3.63, 3.8) is 0 Å². The van der Waals surface area contributed by atoms with Crippen molar-refractivity contribution in [3.05, 3.63) is 56.5 Å². The Balaban J connectivity index is 2.23. The Bertz CT molecular complexity index is 654. The van der Waals surface area contributed by atoms with Crippen LogP contribution in [0, 0.1) is 0 Å². The second kappa shape index (κ2) is 6.29. The minimum absolute atomic E-state index is 0.0108. The fourth-order valence-corrected chi connectivity index (χ4v) is 4.20. The molecule has 0 fully saturated rings. The van der Waals surface area contributed by atoms with Crippen molar-refractivity contribution in [1.29, 1.82) is 0 Å². The zero-order chi connectivity index (χ0) is 15.9. The summed E-state index contributed by atoms with van der Waals surface area (Å²) < 4.78 is 2.27. The molecule has 0 amide bonds. The Hall–Kier alpha value is -0.320. The molecule has 1 aliphatic heterocycles. The first-order valence-electron chi connectivity index (χ1n) is 7.38. The van der Waals surface area contributed by atoms with Gasteiger partial charge in [-0.3, -0.25) is 0 Å². The first-order chi connectivity index (χ1) is 10.4. The second-order valence-electron chi connectivity index (χ2n) is 6.14. The molecule has 116 valence electrons. The molecule has 2 aromatic rings. The van der Waals surface area contributed by atoms with E-state index in [9.17, 15) is 0 Å². The van der Waals surface area contributed by atoms with Gasteiger partial charge >= 0.3 is 0 Å². The van der Waals surface area contributed by atoms with Crippen LogP contribution in [0.2, 0.25) is 0 Å². The van der Waals surface area contributed by atoms with Crippen LogP contribution < -0.4 is 4.90 Å². The molecule has 0 bridgehead atoms. The molecule has 1 aliphatic rings. The average molecular weight is 488 g/mol. The molecule has 4 heteroatoms. The first kappa shape index (κ1) is 16.5. The van der Waals surface area contributed by atoms with Crippen molar-refractivity contribution in [2.75, 3.05) is 16.8 Å². The minimum Gasteiger partial charge on any atom is -0.341 e. The quantitative estimate of drug-likeness (QED) is 0.431. The van der Waals surface area contributed by atoms with E-state index in [0.717, 1.165) is 27.2 Å². The Labute approximate surface area is 157 Å². The lowest BCUT2D eigenvalue weighted by Gasteiger charge is -2.42. The summed E-state index contributed by atoms with van der Waals surface area (Å²) in [5.74, 6) is 0. The highest BCUT2D eigenvalue weighted by Crippen LogP contribution is 2.50. The van der Waals surface area contributed by atoms with Gasteiger partial charge in [0.1, 0.15) is 0 Å². The molecule has 0 unspecified atom stereocenters. The van der Waals surface area contributed by atoms with Gasteiger partial charge in [0, 0.05) is 37.6 Å². The third-order valence-corrected chi connectivity index (χ3v) is 5.91. The third-order valence-electron chi connectivity index (χ3n) is 4.36. The van der Waals surface area contributed by atoms with Gasteiger partial charge in [-0.25, -0.2) is 0 Å². The van der Waals surface area contributed by atoms with Gasteiger partial charge in [0.25, 0.3) is 0 Å². The zero-order valence-corrected chi connectivity index (χ0v) is 17.4. The number of fused-ring (bicyclic) bond motifs is 2. The molecule has 0 aromatic heterocycles. The van der Waals surface area contributed by atoms with Gasteiger partial charge in [-0.15, -0.1) is 0 Å². The molecule has 22 heavy (non-hydrogen) atoms. The predicted molar refractivity (Wildman–Crippen MR) is 106 cm³/mol. The van der Waals surface area contributed by atoms with Crippen molar-refractivity contribution in [2.24, 2.45) is 0 Å². The predicted octanol–water partition coefficient (Wildman–Crippen LogP) is 6.77. The lowest BCUT2D eigenvalue weighted by molar-refractivity contribution is 0.622. The summed E-state index contributed by atoms with van der Waals surface area (Å²) in [4.78, 5) is 2.45. The van der Waals surface area contributed by atoms with Crippen LogP contribution in [0.1, 0.15) is 31.4 Å². The number of halogens is 3. The summed E-state index contributed by atoms with van der Waals surface area (Å²) >= 11 is 10.8. The Morgan fingerprint density at radius 1 is 0.909 bits per heavy atom. The average Bonchev–Trinajstić information content (AvgIpc) is 2.48. The zero-order valence-electron chi connectivity index (χ0n) is 12.7. The van der Waals surface area contributed by atoms with Gasteiger partial charge in [-0.05, 0) is 53.9 Å². The smallest absolute Gasteiger partial charge is 0.0453 e. The Morgan fingerprint density at radius 2 is 1.41 bits per heavy atom. The number of alkyl halides is 1. The van der Waals surface area contributed by atoms with Crippen LogP contribution in [0.5, 0.6) is 0 Å². The van der Waals surface area contributed by atoms with Gasteiger partial charge in [0.2, 0.25) is 0 Å². The van der Waals surface area contributed by atoms with Crippen LogP contribution in [0.25, 0.3) is 0 Å². The Kier molecular flexibility index (Phi) is 4.73. The molecule has 1 heterocycles. The van der Waals surface area contributed by atoms with E-state index in [2.05, 4.69) is 103 Å². The van der Waals surface area contributed by atoms with E-state index in [1.54, 1.807) is 0 Å². The highest BCUT2D eigenvalue weighted by molar-refractivity contribution is 9.10. The molecular weight excluding hydrogens is 470 g/mol. The highest BCUT2D eigenvalue weighted by atomic mass is 79.9. The fraction of sp³-hybridized carbons (Fsp3) is 0.333. The van der Waals surface area contributed by atoms with Crippen molar-refractivity contribution >= 4 is 59.2 Å². The topological polar surface area (TPSA) is 3.24 Å². The molecule has 0 atom stereocenters. The van der Waals surface area contributed by atoms with E-state index in [0.29, 0.717) is 0 Å². The summed E-state index contributed by atoms with van der Waals surface area (Å²) in [6.07, 6.45) is 1.12. The van der Waals surface area contributed by atoms with Crippen LogP contribution in [-0.2, 0) is 5.41 Å². The van der Waals surface area contributed by atoms with Crippen molar-refractivity contribution < 1.29 is 0 Å². The maximum Gasteiger partial charge on any atom is 0.0453 e. The van der Waals surface area contributed by atoms with Crippen LogP contribution in [0.3, 0.4) is 0 Å². The van der Waals surface area contributed by atoms with Gasteiger partial charge in [-0.2, -0.15) is 0 Å². The minimum atomic E-state index is -0.0108. The van der Waals surface area contributed by atoms with Crippen LogP contribution in [0.4, 0.5) is 11.4 Å². The highest BCUT2D eigenvalue weighted by Gasteiger charge is 2.36. The van der Waals surface area contributed by atoms with E-state index in [4.69, 9.17) is 0 Å². The van der Waals surface area contributed by atoms with E-state index in [1.807, 2.05) is 0 Å². The molecule has 3 rings (SSSR count). The van der Waals surface area contributed by atoms with Crippen LogP contribution in [-0.4, -0.2) is 11.9 Å². The molecule has 1 nitrogen and oxygen atoms in total. The Morgan fingerprint density at radius 3 is 1.86 bits per heavy atom. The summed E-state index contributed by atoms with van der Waals surface area (Å²) in [5, 5.41) is 1.02. The molecule has 0 N–H and O–H groups in total. The fourth-order valence-electron chi connectivity index (χ4n) is 3.22. The van der Waals surface area contributed by atoms with E-state index in [1.165, 1.54) is 22.5 Å². The largest absolute Gasteiger partial charge is 0.341 e. The molecule has 0 saturated heterocycles. The van der Waals surface area contributed by atoms with Crippen LogP contribution >= 0.6 is 47.8 Å². The van der Waals surface area contributed by atoms with Gasteiger partial charge in [0.15, 0.2) is 0 Å². The third kappa shape index (κ3) is 2.78.